The third-order valence-electron chi connectivity index (χ3n) is 6.07. The molecule has 0 spiro atoms. The van der Waals surface area contributed by atoms with Gasteiger partial charge in [-0.3, -0.25) is 4.90 Å². The molecule has 2 atom stereocenters. The van der Waals surface area contributed by atoms with Crippen molar-refractivity contribution in [2.75, 3.05) is 44.3 Å². The van der Waals surface area contributed by atoms with E-state index in [2.05, 4.69) is 4.90 Å². The van der Waals surface area contributed by atoms with E-state index < -0.39 is 17.7 Å². The number of piperazine rings is 1. The second-order valence-corrected chi connectivity index (χ2v) is 8.80. The first-order valence-electron chi connectivity index (χ1n) is 11.3. The molecule has 0 aromatic heterocycles. The number of nitrogens with zero attached hydrogens (tertiary/aromatic N) is 2. The van der Waals surface area contributed by atoms with Gasteiger partial charge in [0.15, 0.2) is 11.6 Å². The van der Waals surface area contributed by atoms with Crippen LogP contribution < -0.4 is 9.64 Å². The first-order valence-corrected chi connectivity index (χ1v) is 11.6. The molecule has 0 aliphatic carbocycles. The van der Waals surface area contributed by atoms with E-state index in [1.807, 2.05) is 11.0 Å². The Morgan fingerprint density at radius 1 is 0.971 bits per heavy atom. The molecule has 5 nitrogen and oxygen atoms in total. The van der Waals surface area contributed by atoms with Gasteiger partial charge >= 0.3 is 0 Å². The van der Waals surface area contributed by atoms with Gasteiger partial charge in [-0.2, -0.15) is 0 Å². The lowest BCUT2D eigenvalue weighted by molar-refractivity contribution is 0.100. The van der Waals surface area contributed by atoms with Crippen molar-refractivity contribution in [1.29, 1.82) is 0 Å². The van der Waals surface area contributed by atoms with Crippen LogP contribution >= 0.6 is 11.6 Å². The molecule has 1 heterocycles. The van der Waals surface area contributed by atoms with Crippen molar-refractivity contribution in [2.24, 2.45) is 0 Å². The number of halogens is 4. The smallest absolute Gasteiger partial charge is 0.159 e. The lowest BCUT2D eigenvalue weighted by Crippen LogP contribution is -2.49. The summed E-state index contributed by atoms with van der Waals surface area (Å²) < 4.78 is 46.0. The minimum absolute atomic E-state index is 0.107. The molecule has 0 unspecified atom stereocenters. The predicted octanol–water partition coefficient (Wildman–Crippen LogP) is 4.73. The normalized spacial score (nSPS) is 17.4. The average molecular weight is 507 g/mol. The van der Waals surface area contributed by atoms with Gasteiger partial charge in [0.05, 0.1) is 29.5 Å². The Labute approximate surface area is 206 Å². The Hall–Kier alpha value is -2.78. The summed E-state index contributed by atoms with van der Waals surface area (Å²) in [6, 6.07) is 14.7. The zero-order valence-electron chi connectivity index (χ0n) is 18.9. The highest BCUT2D eigenvalue weighted by molar-refractivity contribution is 6.33. The molecule has 1 aliphatic heterocycles. The quantitative estimate of drug-likeness (QED) is 0.463. The molecule has 1 saturated heterocycles. The zero-order valence-corrected chi connectivity index (χ0v) is 19.6. The molecule has 3 aromatic rings. The third-order valence-corrected chi connectivity index (χ3v) is 6.37. The van der Waals surface area contributed by atoms with Crippen molar-refractivity contribution in [2.45, 2.75) is 12.1 Å². The van der Waals surface area contributed by atoms with Crippen LogP contribution in [-0.4, -0.2) is 54.5 Å². The monoisotopic (exact) mass is 506 g/mol. The van der Waals surface area contributed by atoms with Gasteiger partial charge in [0.1, 0.15) is 18.2 Å². The minimum atomic E-state index is -1.00. The summed E-state index contributed by atoms with van der Waals surface area (Å²) in [5, 5.41) is 20.1. The standard InChI is InChI=1S/C26H26ClF3N2O3/c27-21-14-20(35-12-11-33)6-8-24(21)32-10-9-31(15-25(32)17-1-4-19(28)5-2-17)16-26(34)18-3-7-22(29)23(30)13-18/h1-8,13-14,25-26,33-34H,9-12,15-16H2/t25-,26+/m0/s1. The highest BCUT2D eigenvalue weighted by Gasteiger charge is 2.31. The van der Waals surface area contributed by atoms with E-state index >= 15 is 0 Å². The van der Waals surface area contributed by atoms with E-state index in [0.29, 0.717) is 36.0 Å². The zero-order chi connectivity index (χ0) is 24.9. The SMILES string of the molecule is OCCOc1ccc(N2CCN(C[C@@H](O)c3ccc(F)c(F)c3)C[C@H]2c2ccc(F)cc2)c(Cl)c1. The van der Waals surface area contributed by atoms with Gasteiger partial charge in [-0.25, -0.2) is 13.2 Å². The fraction of sp³-hybridized carbons (Fsp3) is 0.308. The van der Waals surface area contributed by atoms with E-state index in [4.69, 9.17) is 21.4 Å². The van der Waals surface area contributed by atoms with E-state index in [-0.39, 0.29) is 31.6 Å². The van der Waals surface area contributed by atoms with Gasteiger partial charge in [0.2, 0.25) is 0 Å². The Balaban J connectivity index is 1.56. The molecule has 186 valence electrons. The van der Waals surface area contributed by atoms with Gasteiger partial charge in [-0.1, -0.05) is 29.8 Å². The summed E-state index contributed by atoms with van der Waals surface area (Å²) >= 11 is 6.58. The second kappa shape index (κ2) is 11.3. The Morgan fingerprint density at radius 2 is 1.74 bits per heavy atom. The molecule has 1 aliphatic rings. The van der Waals surface area contributed by atoms with E-state index in [1.165, 1.54) is 18.2 Å². The van der Waals surface area contributed by atoms with Crippen molar-refractivity contribution in [3.8, 4) is 5.75 Å². The molecule has 0 radical (unpaired) electrons. The minimum Gasteiger partial charge on any atom is -0.491 e. The Kier molecular flexibility index (Phi) is 8.18. The van der Waals surface area contributed by atoms with Crippen LogP contribution in [0, 0.1) is 17.5 Å². The molecular weight excluding hydrogens is 481 g/mol. The van der Waals surface area contributed by atoms with Gasteiger partial charge in [0.25, 0.3) is 0 Å². The predicted molar refractivity (Wildman–Crippen MR) is 128 cm³/mol. The lowest BCUT2D eigenvalue weighted by Gasteiger charge is -2.44. The number of hydrogen-bond donors (Lipinski definition) is 2. The van der Waals surface area contributed by atoms with E-state index in [1.54, 1.807) is 24.3 Å². The summed E-state index contributed by atoms with van der Waals surface area (Å²) in [6.45, 7) is 1.90. The van der Waals surface area contributed by atoms with Crippen LogP contribution in [0.1, 0.15) is 23.3 Å². The Bertz CT molecular complexity index is 1150. The first kappa shape index (κ1) is 25.3. The Morgan fingerprint density at radius 3 is 2.43 bits per heavy atom. The number of aliphatic hydroxyl groups is 2. The molecule has 1 fully saturated rings. The molecule has 0 saturated carbocycles. The maximum absolute atomic E-state index is 13.6. The fourth-order valence-electron chi connectivity index (χ4n) is 4.31. The summed E-state index contributed by atoms with van der Waals surface area (Å²) in [4.78, 5) is 4.15. The molecule has 2 N–H and O–H groups in total. The van der Waals surface area contributed by atoms with Crippen LogP contribution in [-0.2, 0) is 0 Å². The van der Waals surface area contributed by atoms with Gasteiger partial charge < -0.3 is 19.8 Å². The number of benzene rings is 3. The number of ether oxygens (including phenoxy) is 1. The fourth-order valence-corrected chi connectivity index (χ4v) is 4.59. The summed E-state index contributed by atoms with van der Waals surface area (Å²) in [6.07, 6.45) is -1.00. The summed E-state index contributed by atoms with van der Waals surface area (Å²) in [7, 11) is 0. The topological polar surface area (TPSA) is 56.2 Å². The molecule has 3 aromatic carbocycles. The third kappa shape index (κ3) is 6.08. The molecular formula is C26H26ClF3N2O3. The van der Waals surface area contributed by atoms with Crippen LogP contribution in [0.2, 0.25) is 5.02 Å². The highest BCUT2D eigenvalue weighted by atomic mass is 35.5. The van der Waals surface area contributed by atoms with Crippen LogP contribution in [0.15, 0.2) is 60.7 Å². The molecule has 4 rings (SSSR count). The second-order valence-electron chi connectivity index (χ2n) is 8.39. The van der Waals surface area contributed by atoms with E-state index in [0.717, 1.165) is 23.4 Å². The van der Waals surface area contributed by atoms with Crippen molar-refractivity contribution >= 4 is 17.3 Å². The van der Waals surface area contributed by atoms with E-state index in [9.17, 15) is 18.3 Å². The van der Waals surface area contributed by atoms with Crippen molar-refractivity contribution in [1.82, 2.24) is 4.90 Å². The van der Waals surface area contributed by atoms with Crippen LogP contribution in [0.4, 0.5) is 18.9 Å². The average Bonchev–Trinajstić information content (AvgIpc) is 2.85. The van der Waals surface area contributed by atoms with Crippen molar-refractivity contribution < 1.29 is 28.1 Å². The highest BCUT2D eigenvalue weighted by Crippen LogP contribution is 2.37. The van der Waals surface area contributed by atoms with Gasteiger partial charge in [0, 0.05) is 32.2 Å². The lowest BCUT2D eigenvalue weighted by atomic mass is 10.00. The van der Waals surface area contributed by atoms with Crippen LogP contribution in [0.3, 0.4) is 0 Å². The number of aliphatic hydroxyl groups excluding tert-OH is 2. The summed E-state index contributed by atoms with van der Waals surface area (Å²) in [5.41, 5.74) is 1.94. The number of anilines is 1. The maximum Gasteiger partial charge on any atom is 0.159 e. The molecule has 9 heteroatoms. The first-order chi connectivity index (χ1) is 16.9. The maximum atomic E-state index is 13.6. The number of β-amino-alcohol motifs (C(OH)–C–C–N with tert-alkyl or cyclic N) is 1. The van der Waals surface area contributed by atoms with Gasteiger partial charge in [-0.05, 0) is 47.5 Å². The number of rotatable bonds is 8. The summed E-state index contributed by atoms with van der Waals surface area (Å²) in [5.74, 6) is -1.77. The number of hydrogen-bond acceptors (Lipinski definition) is 5. The molecule has 0 amide bonds. The van der Waals surface area contributed by atoms with Crippen molar-refractivity contribution in [3.63, 3.8) is 0 Å². The largest absolute Gasteiger partial charge is 0.491 e. The van der Waals surface area contributed by atoms with Crippen LogP contribution in [0.25, 0.3) is 0 Å². The molecule has 0 bridgehead atoms. The molecule has 35 heavy (non-hydrogen) atoms. The van der Waals surface area contributed by atoms with Gasteiger partial charge in [-0.15, -0.1) is 0 Å². The van der Waals surface area contributed by atoms with Crippen molar-refractivity contribution in [3.05, 3.63) is 94.3 Å². The van der Waals surface area contributed by atoms with Crippen LogP contribution in [0.5, 0.6) is 5.75 Å².